The summed E-state index contributed by atoms with van der Waals surface area (Å²) in [6, 6.07) is 4.09. The van der Waals surface area contributed by atoms with Gasteiger partial charge in [-0.25, -0.2) is 4.79 Å². The van der Waals surface area contributed by atoms with E-state index in [9.17, 15) is 24.6 Å². The Kier molecular flexibility index (Phi) is 5.84. The number of hydrogen-bond acceptors (Lipinski definition) is 6. The molecule has 10 heteroatoms. The van der Waals surface area contributed by atoms with Gasteiger partial charge < -0.3 is 21.3 Å². The maximum Gasteiger partial charge on any atom is 0.352 e. The first-order valence-corrected chi connectivity index (χ1v) is 8.58. The summed E-state index contributed by atoms with van der Waals surface area (Å²) in [4.78, 5) is 37.2. The van der Waals surface area contributed by atoms with Crippen molar-refractivity contribution in [2.24, 2.45) is 5.73 Å². The van der Waals surface area contributed by atoms with Crippen molar-refractivity contribution < 1.29 is 24.6 Å². The predicted molar refractivity (Wildman–Crippen MR) is 97.6 cm³/mol. The van der Waals surface area contributed by atoms with E-state index in [1.54, 1.807) is 6.92 Å². The van der Waals surface area contributed by atoms with E-state index in [1.165, 1.54) is 40.9 Å². The van der Waals surface area contributed by atoms with Gasteiger partial charge in [0.05, 0.1) is 0 Å². The van der Waals surface area contributed by atoms with E-state index < -0.39 is 35.2 Å². The highest BCUT2D eigenvalue weighted by molar-refractivity contribution is 8.00. The van der Waals surface area contributed by atoms with Crippen LogP contribution in [0.1, 0.15) is 18.5 Å². The van der Waals surface area contributed by atoms with E-state index in [0.717, 1.165) is 0 Å². The number of halogens is 1. The number of nitrogens with two attached hydrogens (primary N) is 1. The number of phenols is 1. The first-order chi connectivity index (χ1) is 11.8. The molecule has 1 aromatic rings. The molecule has 1 aromatic carbocycles. The molecule has 2 amide bonds. The second-order valence-electron chi connectivity index (χ2n) is 5.90. The van der Waals surface area contributed by atoms with Crippen LogP contribution in [-0.2, 0) is 14.4 Å². The van der Waals surface area contributed by atoms with Gasteiger partial charge in [-0.3, -0.25) is 14.5 Å². The van der Waals surface area contributed by atoms with Crippen LogP contribution in [0.2, 0.25) is 0 Å². The molecule has 140 valence electrons. The molecule has 0 unspecified atom stereocenters. The SMILES string of the molecule is CC1=C(C(=O)O)N2C(=O)[C@@H](NC(=O)[C@H](N)c3ccc(O)cc3)[C@H]2SC1.Cl. The van der Waals surface area contributed by atoms with Gasteiger partial charge in [0.1, 0.15) is 28.9 Å². The van der Waals surface area contributed by atoms with Crippen LogP contribution < -0.4 is 11.1 Å². The average Bonchev–Trinajstić information content (AvgIpc) is 2.58. The van der Waals surface area contributed by atoms with E-state index in [2.05, 4.69) is 5.32 Å². The number of carbonyl (C=O) groups is 3. The number of β-lactam (4-membered cyclic amide) rings is 1. The number of hydrogen-bond donors (Lipinski definition) is 4. The minimum atomic E-state index is -1.15. The number of amides is 2. The van der Waals surface area contributed by atoms with Crippen LogP contribution >= 0.6 is 24.2 Å². The maximum atomic E-state index is 12.3. The number of rotatable bonds is 4. The van der Waals surface area contributed by atoms with Crippen LogP contribution in [0.15, 0.2) is 35.5 Å². The number of nitrogens with one attached hydrogen (secondary N) is 1. The standard InChI is InChI=1S/C16H17N3O5S.ClH/c1-7-6-25-15-11(14(22)19(15)12(7)16(23)24)18-13(21)10(17)8-2-4-9(20)5-3-8;/h2-5,10-11,15,20H,6,17H2,1H3,(H,18,21)(H,23,24);1H/t10-,11-,15-;/m1./s1. The normalized spacial score (nSPS) is 22.7. The Bertz CT molecular complexity index is 783. The number of phenolic OH excluding ortho intramolecular Hbond substituents is 1. The van der Waals surface area contributed by atoms with Gasteiger partial charge in [-0.1, -0.05) is 12.1 Å². The Morgan fingerprint density at radius 1 is 1.35 bits per heavy atom. The number of carboxylic acid groups (broad SMARTS) is 1. The largest absolute Gasteiger partial charge is 0.508 e. The molecule has 0 saturated carbocycles. The molecule has 5 N–H and O–H groups in total. The quantitative estimate of drug-likeness (QED) is 0.544. The van der Waals surface area contributed by atoms with Crippen LogP contribution in [0.25, 0.3) is 0 Å². The summed E-state index contributed by atoms with van der Waals surface area (Å²) in [5, 5.41) is 20.7. The summed E-state index contributed by atoms with van der Waals surface area (Å²) >= 11 is 1.40. The number of fused-ring (bicyclic) bond motifs is 1. The van der Waals surface area contributed by atoms with E-state index in [-0.39, 0.29) is 23.9 Å². The van der Waals surface area contributed by atoms with Crippen molar-refractivity contribution in [3.8, 4) is 5.75 Å². The van der Waals surface area contributed by atoms with Crippen LogP contribution in [0.5, 0.6) is 5.75 Å². The summed E-state index contributed by atoms with van der Waals surface area (Å²) in [5.74, 6) is -1.61. The lowest BCUT2D eigenvalue weighted by atomic mass is 10.0. The molecule has 2 heterocycles. The zero-order valence-corrected chi connectivity index (χ0v) is 15.3. The van der Waals surface area contributed by atoms with Crippen molar-refractivity contribution in [3.05, 3.63) is 41.1 Å². The van der Waals surface area contributed by atoms with Gasteiger partial charge in [0.15, 0.2) is 0 Å². The number of carboxylic acids is 1. The molecule has 1 fully saturated rings. The topological polar surface area (TPSA) is 133 Å². The van der Waals surface area contributed by atoms with Crippen molar-refractivity contribution in [3.63, 3.8) is 0 Å². The fourth-order valence-corrected chi connectivity index (χ4v) is 4.14. The van der Waals surface area contributed by atoms with E-state index in [0.29, 0.717) is 16.9 Å². The molecule has 0 spiro atoms. The lowest BCUT2D eigenvalue weighted by Gasteiger charge is -2.49. The fraction of sp³-hybridized carbons (Fsp3) is 0.312. The van der Waals surface area contributed by atoms with Crippen molar-refractivity contribution in [1.29, 1.82) is 0 Å². The summed E-state index contributed by atoms with van der Waals surface area (Å²) in [5.41, 5.74) is 7.00. The number of benzene rings is 1. The summed E-state index contributed by atoms with van der Waals surface area (Å²) in [7, 11) is 0. The summed E-state index contributed by atoms with van der Waals surface area (Å²) < 4.78 is 0. The first kappa shape index (κ1) is 20.1. The zero-order valence-electron chi connectivity index (χ0n) is 13.7. The predicted octanol–water partition coefficient (Wildman–Crippen LogP) is 0.572. The van der Waals surface area contributed by atoms with Crippen molar-refractivity contribution >= 4 is 42.0 Å². The highest BCUT2D eigenvalue weighted by Gasteiger charge is 2.53. The highest BCUT2D eigenvalue weighted by atomic mass is 35.5. The number of aromatic hydroxyl groups is 1. The molecule has 0 aliphatic carbocycles. The zero-order chi connectivity index (χ0) is 18.3. The first-order valence-electron chi connectivity index (χ1n) is 7.54. The molecule has 26 heavy (non-hydrogen) atoms. The lowest BCUT2D eigenvalue weighted by molar-refractivity contribution is -0.150. The second kappa shape index (κ2) is 7.56. The third kappa shape index (κ3) is 3.37. The van der Waals surface area contributed by atoms with Crippen molar-refractivity contribution in [1.82, 2.24) is 10.2 Å². The van der Waals surface area contributed by atoms with Crippen LogP contribution in [0.3, 0.4) is 0 Å². The minimum Gasteiger partial charge on any atom is -0.508 e. The minimum absolute atomic E-state index is 0. The van der Waals surface area contributed by atoms with Crippen LogP contribution in [0, 0.1) is 0 Å². The number of nitrogens with zero attached hydrogens (tertiary/aromatic N) is 1. The molecular formula is C16H18ClN3O5S. The lowest BCUT2D eigenvalue weighted by Crippen LogP contribution is -2.71. The van der Waals surface area contributed by atoms with Gasteiger partial charge in [-0.2, -0.15) is 0 Å². The Hall–Kier alpha value is -2.23. The molecule has 3 rings (SSSR count). The third-order valence-corrected chi connectivity index (χ3v) is 5.62. The van der Waals surface area contributed by atoms with Gasteiger partial charge in [-0.15, -0.1) is 24.2 Å². The Morgan fingerprint density at radius 2 is 1.96 bits per heavy atom. The fourth-order valence-electron chi connectivity index (χ4n) is 2.85. The molecule has 0 aromatic heterocycles. The van der Waals surface area contributed by atoms with Gasteiger partial charge >= 0.3 is 5.97 Å². The van der Waals surface area contributed by atoms with E-state index in [4.69, 9.17) is 5.73 Å². The number of aliphatic carboxylic acids is 1. The molecule has 2 aliphatic heterocycles. The third-order valence-electron chi connectivity index (χ3n) is 4.19. The summed E-state index contributed by atoms with van der Waals surface area (Å²) in [6.45, 7) is 1.67. The van der Waals surface area contributed by atoms with Crippen molar-refractivity contribution in [2.75, 3.05) is 5.75 Å². The van der Waals surface area contributed by atoms with E-state index in [1.807, 2.05) is 0 Å². The van der Waals surface area contributed by atoms with Crippen LogP contribution in [-0.4, -0.2) is 50.1 Å². The number of thioether (sulfide) groups is 1. The van der Waals surface area contributed by atoms with E-state index >= 15 is 0 Å². The van der Waals surface area contributed by atoms with Gasteiger partial charge in [0.25, 0.3) is 5.91 Å². The van der Waals surface area contributed by atoms with Gasteiger partial charge in [0, 0.05) is 5.75 Å². The molecule has 0 bridgehead atoms. The second-order valence-corrected chi connectivity index (χ2v) is 7.00. The molecule has 0 radical (unpaired) electrons. The monoisotopic (exact) mass is 399 g/mol. The van der Waals surface area contributed by atoms with Crippen LogP contribution in [0.4, 0.5) is 0 Å². The smallest absolute Gasteiger partial charge is 0.352 e. The molecule has 3 atom stereocenters. The summed E-state index contributed by atoms with van der Waals surface area (Å²) in [6.07, 6.45) is 0. The Balaban J connectivity index is 0.00000243. The molecular weight excluding hydrogens is 382 g/mol. The van der Waals surface area contributed by atoms with Gasteiger partial charge in [0.2, 0.25) is 5.91 Å². The Morgan fingerprint density at radius 3 is 2.54 bits per heavy atom. The molecule has 8 nitrogen and oxygen atoms in total. The van der Waals surface area contributed by atoms with Gasteiger partial charge in [-0.05, 0) is 30.2 Å². The Labute approximate surface area is 159 Å². The molecule has 2 aliphatic rings. The van der Waals surface area contributed by atoms with Crippen molar-refractivity contribution in [2.45, 2.75) is 24.4 Å². The molecule has 1 saturated heterocycles. The highest BCUT2D eigenvalue weighted by Crippen LogP contribution is 2.40. The maximum absolute atomic E-state index is 12.3. The number of carbonyl (C=O) groups excluding carboxylic acids is 2. The average molecular weight is 400 g/mol.